The molecule has 0 radical (unpaired) electrons. The van der Waals surface area contributed by atoms with Gasteiger partial charge in [0.15, 0.2) is 23.0 Å². The van der Waals surface area contributed by atoms with Crippen LogP contribution in [0.3, 0.4) is 0 Å². The summed E-state index contributed by atoms with van der Waals surface area (Å²) in [4.78, 5) is 5.35. The molecule has 71 heavy (non-hydrogen) atoms. The molecule has 0 fully saturated rings. The normalized spacial score (nSPS) is 21.1. The summed E-state index contributed by atoms with van der Waals surface area (Å²) in [6, 6.07) is 62.1. The van der Waals surface area contributed by atoms with Gasteiger partial charge in [-0.05, 0) is 133 Å². The number of furan rings is 1. The molecule has 7 aromatic carbocycles. The molecule has 4 nitrogen and oxygen atoms in total. The number of benzene rings is 7. The van der Waals surface area contributed by atoms with Crippen molar-refractivity contribution in [3.05, 3.63) is 292 Å². The zero-order valence-electron chi connectivity index (χ0n) is 40.4. The molecule has 5 aliphatic rings. The van der Waals surface area contributed by atoms with Crippen molar-refractivity contribution in [1.82, 2.24) is 0 Å². The first-order valence-electron chi connectivity index (χ1n) is 25.0. The van der Waals surface area contributed by atoms with Crippen LogP contribution in [0.1, 0.15) is 84.0 Å². The lowest BCUT2D eigenvalue weighted by atomic mass is 9.62. The Kier molecular flexibility index (Phi) is 11.5. The van der Waals surface area contributed by atoms with Crippen molar-refractivity contribution in [2.45, 2.75) is 57.4 Å². The SMILES string of the molecule is C/C=C\C(=C/C)C1(c2ccccc2)c2ccccc2C2C3=C(C=CC21)Oc1ccc(C2=CC=C(C4=CC(c5ccc6c(c5)oc5ccccc56)=NC(c5ccccc5)C4)CC2)cc1O3.Cc1ccccc1. The van der Waals surface area contributed by atoms with Crippen LogP contribution in [0.4, 0.5) is 0 Å². The second-order valence-corrected chi connectivity index (χ2v) is 19.1. The maximum Gasteiger partial charge on any atom is 0.170 e. The highest BCUT2D eigenvalue weighted by Crippen LogP contribution is 2.63. The number of aryl methyl sites for hydroxylation is 1. The fourth-order valence-electron chi connectivity index (χ4n) is 11.7. The van der Waals surface area contributed by atoms with Crippen LogP contribution < -0.4 is 9.47 Å². The number of hydrogen-bond acceptors (Lipinski definition) is 4. The first kappa shape index (κ1) is 44.0. The maximum atomic E-state index is 7.10. The van der Waals surface area contributed by atoms with Gasteiger partial charge in [0.05, 0.1) is 23.1 Å². The fourth-order valence-corrected chi connectivity index (χ4v) is 11.7. The van der Waals surface area contributed by atoms with Gasteiger partial charge in [0.25, 0.3) is 0 Å². The van der Waals surface area contributed by atoms with Crippen LogP contribution in [-0.4, -0.2) is 5.71 Å². The number of nitrogens with zero attached hydrogens (tertiary/aromatic N) is 1. The van der Waals surface area contributed by atoms with E-state index in [9.17, 15) is 0 Å². The highest BCUT2D eigenvalue weighted by Gasteiger charge is 2.57. The van der Waals surface area contributed by atoms with Crippen LogP contribution in [0.5, 0.6) is 11.5 Å². The summed E-state index contributed by atoms with van der Waals surface area (Å²) in [5, 5.41) is 2.26. The van der Waals surface area contributed by atoms with Crippen molar-refractivity contribution in [2.24, 2.45) is 10.9 Å². The van der Waals surface area contributed by atoms with Gasteiger partial charge in [0.1, 0.15) is 11.2 Å². The van der Waals surface area contributed by atoms with Crippen LogP contribution in [0.2, 0.25) is 0 Å². The summed E-state index contributed by atoms with van der Waals surface area (Å²) in [5.74, 6) is 3.23. The fraction of sp³-hybridized carbons (Fsp3) is 0.149. The Morgan fingerprint density at radius 3 is 2.10 bits per heavy atom. The molecule has 0 saturated carbocycles. The maximum absolute atomic E-state index is 7.10. The van der Waals surface area contributed by atoms with Crippen LogP contribution in [0, 0.1) is 12.8 Å². The average Bonchev–Trinajstić information content (AvgIpc) is 3.96. The molecule has 0 saturated heterocycles. The number of hydrogen-bond donors (Lipinski definition) is 0. The number of aliphatic imine (C=N–C) groups is 1. The van der Waals surface area contributed by atoms with Crippen molar-refractivity contribution < 1.29 is 13.9 Å². The van der Waals surface area contributed by atoms with Crippen molar-refractivity contribution in [1.29, 1.82) is 0 Å². The highest BCUT2D eigenvalue weighted by atomic mass is 16.6. The van der Waals surface area contributed by atoms with E-state index in [2.05, 4.69) is 215 Å². The topological polar surface area (TPSA) is 44.0 Å². The minimum atomic E-state index is -0.398. The van der Waals surface area contributed by atoms with Gasteiger partial charge in [-0.2, -0.15) is 0 Å². The molecular formula is C67H55NO3. The van der Waals surface area contributed by atoms with E-state index in [4.69, 9.17) is 18.9 Å². The standard InChI is InChI=1S/C60H47NO3.C7H8/c1-3-15-44(4-2)60(45-18-9-6-10-19-45)49-22-13-11-21-48(49)58-50(60)31-33-55-59(58)64-57-36-41(29-32-54(57)63-55)38-24-26-39(27-25-38)43-34-51(40-16-7-5-8-17-40)61-52(35-43)42-28-30-47-46-20-12-14-23-53(46)62-56(47)37-42;1-7-5-3-2-4-6-7/h3-24,26,28-33,35-37,50-51,58H,25,27,34H2,1-2H3;2-6H,1H3/b15-3-,44-4+;. The first-order chi connectivity index (χ1) is 35.0. The van der Waals surface area contributed by atoms with Gasteiger partial charge in [-0.1, -0.05) is 188 Å². The molecule has 4 atom stereocenters. The Morgan fingerprint density at radius 1 is 0.634 bits per heavy atom. The second-order valence-electron chi connectivity index (χ2n) is 19.1. The van der Waals surface area contributed by atoms with E-state index in [0.29, 0.717) is 0 Å². The molecule has 13 rings (SSSR count). The Balaban J connectivity index is 0.000000683. The summed E-state index contributed by atoms with van der Waals surface area (Å²) in [6.07, 6.45) is 20.9. The number of rotatable bonds is 7. The molecule has 8 aromatic rings. The molecule has 4 heteroatoms. The number of fused-ring (bicyclic) bond motifs is 8. The van der Waals surface area contributed by atoms with Crippen molar-refractivity contribution in [3.8, 4) is 11.5 Å². The van der Waals surface area contributed by atoms with Crippen molar-refractivity contribution >= 4 is 33.2 Å². The third-order valence-corrected chi connectivity index (χ3v) is 15.0. The van der Waals surface area contributed by atoms with Gasteiger partial charge < -0.3 is 13.9 Å². The van der Waals surface area contributed by atoms with E-state index in [-0.39, 0.29) is 17.9 Å². The van der Waals surface area contributed by atoms with Crippen LogP contribution in [-0.2, 0) is 5.41 Å². The predicted octanol–water partition coefficient (Wildman–Crippen LogP) is 17.0. The Hall–Kier alpha value is -8.21. The highest BCUT2D eigenvalue weighted by molar-refractivity contribution is 6.13. The van der Waals surface area contributed by atoms with Crippen LogP contribution >= 0.6 is 0 Å². The molecule has 0 N–H and O–H groups in total. The lowest BCUT2D eigenvalue weighted by Gasteiger charge is -2.41. The third-order valence-electron chi connectivity index (χ3n) is 15.0. The van der Waals surface area contributed by atoms with Crippen LogP contribution in [0.15, 0.2) is 262 Å². The summed E-state index contributed by atoms with van der Waals surface area (Å²) >= 11 is 0. The summed E-state index contributed by atoms with van der Waals surface area (Å²) in [7, 11) is 0. The van der Waals surface area contributed by atoms with Gasteiger partial charge in [-0.15, -0.1) is 0 Å². The van der Waals surface area contributed by atoms with E-state index in [1.807, 2.05) is 30.3 Å². The van der Waals surface area contributed by atoms with E-state index in [0.717, 1.165) is 81.1 Å². The summed E-state index contributed by atoms with van der Waals surface area (Å²) in [6.45, 7) is 6.35. The summed E-state index contributed by atoms with van der Waals surface area (Å²) in [5.41, 5.74) is 16.3. The predicted molar refractivity (Wildman–Crippen MR) is 291 cm³/mol. The first-order valence-corrected chi connectivity index (χ1v) is 25.0. The number of ether oxygens (including phenoxy) is 2. The minimum Gasteiger partial charge on any atom is -0.456 e. The molecule has 0 amide bonds. The Bertz CT molecular complexity index is 3600. The lowest BCUT2D eigenvalue weighted by Crippen LogP contribution is -2.37. The van der Waals surface area contributed by atoms with Gasteiger partial charge in [-0.3, -0.25) is 4.99 Å². The lowest BCUT2D eigenvalue weighted by molar-refractivity contribution is 0.254. The van der Waals surface area contributed by atoms with E-state index >= 15 is 0 Å². The molecule has 0 bridgehead atoms. The Labute approximate surface area is 416 Å². The average molecular weight is 922 g/mol. The molecule has 4 unspecified atom stereocenters. The van der Waals surface area contributed by atoms with E-state index in [1.165, 1.54) is 50.1 Å². The number of dihydropyridines is 1. The molecule has 2 aliphatic heterocycles. The number of allylic oxidation sites excluding steroid dienone is 12. The molecule has 3 aliphatic carbocycles. The zero-order valence-corrected chi connectivity index (χ0v) is 40.4. The van der Waals surface area contributed by atoms with Crippen molar-refractivity contribution in [2.75, 3.05) is 0 Å². The van der Waals surface area contributed by atoms with E-state index in [1.54, 1.807) is 0 Å². The van der Waals surface area contributed by atoms with Gasteiger partial charge in [-0.25, -0.2) is 0 Å². The minimum absolute atomic E-state index is 0.0228. The van der Waals surface area contributed by atoms with Gasteiger partial charge >= 0.3 is 0 Å². The number of para-hydroxylation sites is 1. The van der Waals surface area contributed by atoms with E-state index < -0.39 is 5.41 Å². The molecular weight excluding hydrogens is 867 g/mol. The second kappa shape index (κ2) is 18.6. The monoisotopic (exact) mass is 921 g/mol. The zero-order chi connectivity index (χ0) is 47.9. The third kappa shape index (κ3) is 7.85. The molecule has 346 valence electrons. The molecule has 0 spiro atoms. The largest absolute Gasteiger partial charge is 0.456 e. The smallest absolute Gasteiger partial charge is 0.170 e. The quantitative estimate of drug-likeness (QED) is 0.150. The van der Waals surface area contributed by atoms with Gasteiger partial charge in [0, 0.05) is 22.3 Å². The van der Waals surface area contributed by atoms with Gasteiger partial charge in [0.2, 0.25) is 0 Å². The summed E-state index contributed by atoms with van der Waals surface area (Å²) < 4.78 is 20.1. The Morgan fingerprint density at radius 2 is 1.34 bits per heavy atom. The molecule has 3 heterocycles. The van der Waals surface area contributed by atoms with Crippen LogP contribution in [0.25, 0.3) is 27.5 Å². The molecule has 1 aromatic heterocycles. The van der Waals surface area contributed by atoms with Crippen molar-refractivity contribution in [3.63, 3.8) is 0 Å².